The molecule has 1 aliphatic rings. The molecular formula is C13H13BrN2O. The summed E-state index contributed by atoms with van der Waals surface area (Å²) in [4.78, 5) is 13.7. The lowest BCUT2D eigenvalue weighted by molar-refractivity contribution is -0.134. The van der Waals surface area contributed by atoms with Crippen LogP contribution in [0.15, 0.2) is 28.7 Å². The molecule has 1 aliphatic carbocycles. The van der Waals surface area contributed by atoms with E-state index in [4.69, 9.17) is 5.26 Å². The fourth-order valence-corrected chi connectivity index (χ4v) is 2.29. The van der Waals surface area contributed by atoms with Gasteiger partial charge in [-0.25, -0.2) is 0 Å². The first kappa shape index (κ1) is 12.1. The molecule has 17 heavy (non-hydrogen) atoms. The lowest BCUT2D eigenvalue weighted by atomic mass is 10.1. The Morgan fingerprint density at radius 2 is 2.29 bits per heavy atom. The number of carbonyl (C=O) groups is 1. The molecule has 1 aromatic carbocycles. The molecule has 1 amide bonds. The van der Waals surface area contributed by atoms with Gasteiger partial charge in [0, 0.05) is 18.1 Å². The summed E-state index contributed by atoms with van der Waals surface area (Å²) in [5.41, 5.74) is 0.338. The molecule has 0 heterocycles. The first-order valence-corrected chi connectivity index (χ1v) is 6.28. The molecule has 1 saturated carbocycles. The SMILES string of the molecule is CN(Cc1cccc(Br)c1)C(=O)C1(C#N)CC1. The summed E-state index contributed by atoms with van der Waals surface area (Å²) in [6, 6.07) is 9.97. The average Bonchev–Trinajstić information content (AvgIpc) is 3.09. The van der Waals surface area contributed by atoms with Crippen molar-refractivity contribution >= 4 is 21.8 Å². The second-order valence-electron chi connectivity index (χ2n) is 4.49. The van der Waals surface area contributed by atoms with Gasteiger partial charge in [-0.05, 0) is 30.5 Å². The van der Waals surface area contributed by atoms with Crippen LogP contribution in [0.4, 0.5) is 0 Å². The summed E-state index contributed by atoms with van der Waals surface area (Å²) in [5.74, 6) is -0.0556. The first-order chi connectivity index (χ1) is 8.07. The number of rotatable bonds is 3. The average molecular weight is 293 g/mol. The third-order valence-corrected chi connectivity index (χ3v) is 3.52. The van der Waals surface area contributed by atoms with E-state index in [0.717, 1.165) is 10.0 Å². The fraction of sp³-hybridized carbons (Fsp3) is 0.385. The summed E-state index contributed by atoms with van der Waals surface area (Å²) in [6.45, 7) is 0.543. The molecule has 0 N–H and O–H groups in total. The topological polar surface area (TPSA) is 44.1 Å². The van der Waals surface area contributed by atoms with E-state index in [1.165, 1.54) is 0 Å². The molecule has 1 aromatic rings. The van der Waals surface area contributed by atoms with Gasteiger partial charge in [0.25, 0.3) is 0 Å². The summed E-state index contributed by atoms with van der Waals surface area (Å²) in [6.07, 6.45) is 1.40. The highest BCUT2D eigenvalue weighted by atomic mass is 79.9. The summed E-state index contributed by atoms with van der Waals surface area (Å²) < 4.78 is 0.997. The third kappa shape index (κ3) is 2.50. The van der Waals surface area contributed by atoms with Crippen LogP contribution in [0, 0.1) is 16.7 Å². The highest BCUT2D eigenvalue weighted by molar-refractivity contribution is 9.10. The maximum Gasteiger partial charge on any atom is 0.243 e. The van der Waals surface area contributed by atoms with Gasteiger partial charge in [-0.2, -0.15) is 5.26 Å². The number of halogens is 1. The van der Waals surface area contributed by atoms with Crippen molar-refractivity contribution in [2.45, 2.75) is 19.4 Å². The Labute approximate surface area is 109 Å². The Bertz CT molecular complexity index is 488. The number of nitrogens with zero attached hydrogens (tertiary/aromatic N) is 2. The predicted molar refractivity (Wildman–Crippen MR) is 67.9 cm³/mol. The van der Waals surface area contributed by atoms with Crippen LogP contribution in [0.1, 0.15) is 18.4 Å². The molecule has 3 nitrogen and oxygen atoms in total. The maximum absolute atomic E-state index is 12.0. The molecule has 4 heteroatoms. The van der Waals surface area contributed by atoms with Gasteiger partial charge in [0.05, 0.1) is 6.07 Å². The first-order valence-electron chi connectivity index (χ1n) is 5.49. The minimum absolute atomic E-state index is 0.0556. The monoisotopic (exact) mass is 292 g/mol. The molecule has 0 radical (unpaired) electrons. The Balaban J connectivity index is 2.05. The second-order valence-corrected chi connectivity index (χ2v) is 5.40. The van der Waals surface area contributed by atoms with E-state index in [1.807, 2.05) is 24.3 Å². The zero-order chi connectivity index (χ0) is 12.5. The Morgan fingerprint density at radius 1 is 1.59 bits per heavy atom. The standard InChI is InChI=1S/C13H13BrN2O/c1-16(12(17)13(9-15)5-6-13)8-10-3-2-4-11(14)7-10/h2-4,7H,5-6,8H2,1H3. The zero-order valence-corrected chi connectivity index (χ0v) is 11.2. The van der Waals surface area contributed by atoms with Crippen LogP contribution in [-0.4, -0.2) is 17.9 Å². The minimum atomic E-state index is -0.721. The molecule has 0 spiro atoms. The van der Waals surface area contributed by atoms with Crippen molar-refractivity contribution in [2.24, 2.45) is 5.41 Å². The highest BCUT2D eigenvalue weighted by Crippen LogP contribution is 2.46. The molecule has 1 fully saturated rings. The van der Waals surface area contributed by atoms with Gasteiger partial charge in [0.1, 0.15) is 5.41 Å². The van der Waals surface area contributed by atoms with Gasteiger partial charge < -0.3 is 4.90 Å². The summed E-state index contributed by atoms with van der Waals surface area (Å²) in [5, 5.41) is 8.98. The largest absolute Gasteiger partial charge is 0.340 e. The van der Waals surface area contributed by atoms with E-state index >= 15 is 0 Å². The normalized spacial score (nSPS) is 16.1. The van der Waals surface area contributed by atoms with Gasteiger partial charge in [0.15, 0.2) is 0 Å². The molecular weight excluding hydrogens is 280 g/mol. The molecule has 88 valence electrons. The summed E-state index contributed by atoms with van der Waals surface area (Å²) in [7, 11) is 1.75. The van der Waals surface area contributed by atoms with Crippen molar-refractivity contribution in [1.82, 2.24) is 4.90 Å². The van der Waals surface area contributed by atoms with E-state index in [0.29, 0.717) is 19.4 Å². The van der Waals surface area contributed by atoms with E-state index in [2.05, 4.69) is 22.0 Å². The van der Waals surface area contributed by atoms with E-state index in [9.17, 15) is 4.79 Å². The molecule has 2 rings (SSSR count). The second kappa shape index (κ2) is 4.50. The van der Waals surface area contributed by atoms with Crippen molar-refractivity contribution in [3.63, 3.8) is 0 Å². The van der Waals surface area contributed by atoms with Crippen LogP contribution in [-0.2, 0) is 11.3 Å². The molecule has 0 unspecified atom stereocenters. The smallest absolute Gasteiger partial charge is 0.243 e. The number of benzene rings is 1. The van der Waals surface area contributed by atoms with Gasteiger partial charge >= 0.3 is 0 Å². The number of carbonyl (C=O) groups excluding carboxylic acids is 1. The van der Waals surface area contributed by atoms with E-state index in [1.54, 1.807) is 11.9 Å². The van der Waals surface area contributed by atoms with E-state index in [-0.39, 0.29) is 5.91 Å². The Hall–Kier alpha value is -1.34. The number of hydrogen-bond acceptors (Lipinski definition) is 2. The lowest BCUT2D eigenvalue weighted by Crippen LogP contribution is -2.32. The van der Waals surface area contributed by atoms with Gasteiger partial charge in [-0.3, -0.25) is 4.79 Å². The van der Waals surface area contributed by atoms with Crippen LogP contribution in [0.5, 0.6) is 0 Å². The molecule has 0 aromatic heterocycles. The Morgan fingerprint density at radius 3 is 2.82 bits per heavy atom. The number of amides is 1. The van der Waals surface area contributed by atoms with E-state index < -0.39 is 5.41 Å². The van der Waals surface area contributed by atoms with Crippen molar-refractivity contribution in [2.75, 3.05) is 7.05 Å². The van der Waals surface area contributed by atoms with Gasteiger partial charge in [-0.1, -0.05) is 28.1 Å². The van der Waals surface area contributed by atoms with Crippen LogP contribution >= 0.6 is 15.9 Å². The molecule has 0 atom stereocenters. The predicted octanol–water partition coefficient (Wildman–Crippen LogP) is 2.71. The highest BCUT2D eigenvalue weighted by Gasteiger charge is 2.51. The minimum Gasteiger partial charge on any atom is -0.340 e. The van der Waals surface area contributed by atoms with Crippen LogP contribution < -0.4 is 0 Å². The fourth-order valence-electron chi connectivity index (χ4n) is 1.84. The van der Waals surface area contributed by atoms with Crippen molar-refractivity contribution in [1.29, 1.82) is 5.26 Å². The third-order valence-electron chi connectivity index (χ3n) is 3.03. The molecule has 0 saturated heterocycles. The molecule has 0 aliphatic heterocycles. The number of nitriles is 1. The summed E-state index contributed by atoms with van der Waals surface area (Å²) >= 11 is 3.40. The van der Waals surface area contributed by atoms with Gasteiger partial charge in [0.2, 0.25) is 5.91 Å². The van der Waals surface area contributed by atoms with Crippen molar-refractivity contribution in [3.05, 3.63) is 34.3 Å². The quantitative estimate of drug-likeness (QED) is 0.860. The Kier molecular flexibility index (Phi) is 3.21. The van der Waals surface area contributed by atoms with Crippen molar-refractivity contribution < 1.29 is 4.79 Å². The maximum atomic E-state index is 12.0. The van der Waals surface area contributed by atoms with Crippen LogP contribution in [0.2, 0.25) is 0 Å². The molecule has 0 bridgehead atoms. The number of hydrogen-bond donors (Lipinski definition) is 0. The van der Waals surface area contributed by atoms with Crippen molar-refractivity contribution in [3.8, 4) is 6.07 Å². The lowest BCUT2D eigenvalue weighted by Gasteiger charge is -2.19. The zero-order valence-electron chi connectivity index (χ0n) is 9.61. The van der Waals surface area contributed by atoms with Crippen LogP contribution in [0.3, 0.4) is 0 Å². The van der Waals surface area contributed by atoms with Gasteiger partial charge in [-0.15, -0.1) is 0 Å². The van der Waals surface area contributed by atoms with Crippen LogP contribution in [0.25, 0.3) is 0 Å².